The number of halogens is 3. The van der Waals surface area contributed by atoms with Crippen LogP contribution in [-0.4, -0.2) is 24.9 Å². The van der Waals surface area contributed by atoms with Crippen molar-refractivity contribution in [2.75, 3.05) is 0 Å². The predicted molar refractivity (Wildman–Crippen MR) is 84.7 cm³/mol. The highest BCUT2D eigenvalue weighted by molar-refractivity contribution is 7.98. The summed E-state index contributed by atoms with van der Waals surface area (Å²) < 4.78 is 44.7. The molecule has 0 aliphatic rings. The van der Waals surface area contributed by atoms with Crippen molar-refractivity contribution < 1.29 is 17.7 Å². The molecule has 2 aromatic heterocycles. The normalized spacial score (nSPS) is 11.5. The monoisotopic (exact) mass is 380 g/mol. The van der Waals surface area contributed by atoms with E-state index < -0.39 is 12.0 Å². The number of hydrogen-bond donors (Lipinski definition) is 0. The Balaban J connectivity index is 1.75. The molecule has 26 heavy (non-hydrogen) atoms. The van der Waals surface area contributed by atoms with Gasteiger partial charge >= 0.3 is 6.18 Å². The van der Waals surface area contributed by atoms with E-state index in [2.05, 4.69) is 20.3 Å². The molecule has 7 nitrogen and oxygen atoms in total. The number of rotatable bonds is 5. The predicted octanol–water partition coefficient (Wildman–Crippen LogP) is 3.53. The van der Waals surface area contributed by atoms with E-state index in [0.717, 1.165) is 16.3 Å². The van der Waals surface area contributed by atoms with Crippen LogP contribution in [0.1, 0.15) is 24.1 Å². The number of aromatic nitrogens is 5. The van der Waals surface area contributed by atoms with E-state index in [-0.39, 0.29) is 23.3 Å². The molecule has 2 heterocycles. The minimum Gasteiger partial charge on any atom is -0.334 e. The molecule has 1 aromatic carbocycles. The van der Waals surface area contributed by atoms with Crippen LogP contribution in [0.25, 0.3) is 11.5 Å². The van der Waals surface area contributed by atoms with Crippen molar-refractivity contribution in [3.63, 3.8) is 0 Å². The van der Waals surface area contributed by atoms with E-state index in [0.29, 0.717) is 17.0 Å². The Bertz CT molecular complexity index is 959. The van der Waals surface area contributed by atoms with E-state index in [9.17, 15) is 13.2 Å². The lowest BCUT2D eigenvalue weighted by Crippen LogP contribution is -2.14. The van der Waals surface area contributed by atoms with Gasteiger partial charge in [0, 0.05) is 12.1 Å². The molecule has 0 bridgehead atoms. The number of nitriles is 1. The Morgan fingerprint density at radius 2 is 2.12 bits per heavy atom. The summed E-state index contributed by atoms with van der Waals surface area (Å²) in [5, 5.41) is 19.6. The molecule has 0 saturated carbocycles. The van der Waals surface area contributed by atoms with Crippen molar-refractivity contribution in [1.82, 2.24) is 24.9 Å². The average molecular weight is 380 g/mol. The Labute approximate surface area is 149 Å². The molecule has 0 fully saturated rings. The molecule has 0 N–H and O–H groups in total. The minimum atomic E-state index is -4.56. The third-order valence-corrected chi connectivity index (χ3v) is 4.29. The molecular formula is C15H11F3N6OS. The molecule has 3 aromatic rings. The van der Waals surface area contributed by atoms with E-state index in [1.807, 2.05) is 6.07 Å². The van der Waals surface area contributed by atoms with Gasteiger partial charge in [-0.2, -0.15) is 23.4 Å². The van der Waals surface area contributed by atoms with Crippen LogP contribution in [0.5, 0.6) is 0 Å². The number of nitrogens with zero attached hydrogens (tertiary/aromatic N) is 6. The number of benzene rings is 1. The van der Waals surface area contributed by atoms with Gasteiger partial charge in [0.15, 0.2) is 11.0 Å². The molecule has 134 valence electrons. The molecule has 0 spiro atoms. The smallest absolute Gasteiger partial charge is 0.334 e. The summed E-state index contributed by atoms with van der Waals surface area (Å²) in [6, 6.07) is 8.67. The second kappa shape index (κ2) is 7.17. The summed E-state index contributed by atoms with van der Waals surface area (Å²) in [6.07, 6.45) is -4.56. The SMILES string of the molecule is CCn1c(SCc2noc(-c3cccc(C#N)c3)n2)nnc1C(F)(F)F. The molecule has 0 radical (unpaired) electrons. The number of alkyl halides is 3. The fraction of sp³-hybridized carbons (Fsp3) is 0.267. The maximum absolute atomic E-state index is 12.9. The maximum atomic E-state index is 12.9. The van der Waals surface area contributed by atoms with Gasteiger partial charge in [-0.15, -0.1) is 10.2 Å². The highest BCUT2D eigenvalue weighted by atomic mass is 32.2. The third-order valence-electron chi connectivity index (χ3n) is 3.32. The van der Waals surface area contributed by atoms with Crippen molar-refractivity contribution in [3.8, 4) is 17.5 Å². The zero-order valence-electron chi connectivity index (χ0n) is 13.4. The van der Waals surface area contributed by atoms with Crippen LogP contribution in [0.4, 0.5) is 13.2 Å². The Morgan fingerprint density at radius 3 is 2.81 bits per heavy atom. The molecular weight excluding hydrogens is 369 g/mol. The lowest BCUT2D eigenvalue weighted by atomic mass is 10.1. The highest BCUT2D eigenvalue weighted by Gasteiger charge is 2.38. The summed E-state index contributed by atoms with van der Waals surface area (Å²) in [6.45, 7) is 1.67. The summed E-state index contributed by atoms with van der Waals surface area (Å²) in [4.78, 5) is 4.19. The van der Waals surface area contributed by atoms with Crippen LogP contribution in [0, 0.1) is 11.3 Å². The van der Waals surface area contributed by atoms with Gasteiger partial charge in [0.25, 0.3) is 5.89 Å². The Morgan fingerprint density at radius 1 is 1.31 bits per heavy atom. The second-order valence-electron chi connectivity index (χ2n) is 5.05. The summed E-state index contributed by atoms with van der Waals surface area (Å²) in [7, 11) is 0. The highest BCUT2D eigenvalue weighted by Crippen LogP contribution is 2.31. The first-order valence-electron chi connectivity index (χ1n) is 7.38. The van der Waals surface area contributed by atoms with Gasteiger partial charge in [-0.05, 0) is 25.1 Å². The van der Waals surface area contributed by atoms with Crippen molar-refractivity contribution in [1.29, 1.82) is 5.26 Å². The van der Waals surface area contributed by atoms with Crippen molar-refractivity contribution in [3.05, 3.63) is 41.5 Å². The van der Waals surface area contributed by atoms with Crippen LogP contribution < -0.4 is 0 Å². The zero-order chi connectivity index (χ0) is 18.7. The van der Waals surface area contributed by atoms with Crippen LogP contribution >= 0.6 is 11.8 Å². The molecule has 11 heteroatoms. The van der Waals surface area contributed by atoms with Crippen LogP contribution in [0.15, 0.2) is 33.9 Å². The minimum absolute atomic E-state index is 0.0859. The Hall–Kier alpha value is -2.87. The molecule has 0 atom stereocenters. The average Bonchev–Trinajstić information content (AvgIpc) is 3.26. The van der Waals surface area contributed by atoms with E-state index in [1.165, 1.54) is 0 Å². The molecule has 0 amide bonds. The van der Waals surface area contributed by atoms with Crippen LogP contribution in [-0.2, 0) is 18.5 Å². The first kappa shape index (κ1) is 17.9. The van der Waals surface area contributed by atoms with Crippen molar-refractivity contribution in [2.45, 2.75) is 30.6 Å². The van der Waals surface area contributed by atoms with Gasteiger partial charge in [0.05, 0.1) is 17.4 Å². The van der Waals surface area contributed by atoms with Gasteiger partial charge in [-0.25, -0.2) is 0 Å². The van der Waals surface area contributed by atoms with Crippen molar-refractivity contribution in [2.24, 2.45) is 0 Å². The topological polar surface area (TPSA) is 93.4 Å². The van der Waals surface area contributed by atoms with Gasteiger partial charge in [-0.3, -0.25) is 4.57 Å². The van der Waals surface area contributed by atoms with Crippen LogP contribution in [0.2, 0.25) is 0 Å². The van der Waals surface area contributed by atoms with Crippen molar-refractivity contribution >= 4 is 11.8 Å². The lowest BCUT2D eigenvalue weighted by Gasteiger charge is -2.08. The first-order chi connectivity index (χ1) is 12.4. The van der Waals surface area contributed by atoms with Gasteiger partial charge in [-0.1, -0.05) is 23.0 Å². The van der Waals surface area contributed by atoms with Gasteiger partial charge in [0.1, 0.15) is 0 Å². The third kappa shape index (κ3) is 3.70. The fourth-order valence-electron chi connectivity index (χ4n) is 2.17. The number of thioether (sulfide) groups is 1. The molecule has 0 saturated heterocycles. The fourth-order valence-corrected chi connectivity index (χ4v) is 3.02. The molecule has 0 unspecified atom stereocenters. The molecule has 0 aliphatic heterocycles. The van der Waals surface area contributed by atoms with Gasteiger partial charge in [0.2, 0.25) is 5.82 Å². The largest absolute Gasteiger partial charge is 0.451 e. The summed E-state index contributed by atoms with van der Waals surface area (Å²) >= 11 is 1.03. The standard InChI is InChI=1S/C15H11F3N6OS/c1-2-24-13(15(16,17)18)21-22-14(24)26-8-11-20-12(25-23-11)10-5-3-4-9(6-10)7-19/h3-6H,2,8H2,1H3. The van der Waals surface area contributed by atoms with E-state index in [4.69, 9.17) is 9.78 Å². The first-order valence-corrected chi connectivity index (χ1v) is 8.37. The Kier molecular flexibility index (Phi) is 4.94. The lowest BCUT2D eigenvalue weighted by molar-refractivity contribution is -0.147. The van der Waals surface area contributed by atoms with Gasteiger partial charge < -0.3 is 4.52 Å². The van der Waals surface area contributed by atoms with Crippen LogP contribution in [0.3, 0.4) is 0 Å². The van der Waals surface area contributed by atoms with E-state index in [1.54, 1.807) is 31.2 Å². The second-order valence-corrected chi connectivity index (χ2v) is 5.99. The summed E-state index contributed by atoms with van der Waals surface area (Å²) in [5.41, 5.74) is 1.04. The van der Waals surface area contributed by atoms with E-state index >= 15 is 0 Å². The molecule has 3 rings (SSSR count). The quantitative estimate of drug-likeness (QED) is 0.625. The maximum Gasteiger partial charge on any atom is 0.451 e. The molecule has 0 aliphatic carbocycles. The zero-order valence-corrected chi connectivity index (χ0v) is 14.2. The number of hydrogen-bond acceptors (Lipinski definition) is 7. The summed E-state index contributed by atoms with van der Waals surface area (Å²) in [5.74, 6) is -0.348.